The molecule has 1 amide bonds. The molecule has 1 atom stereocenters. The van der Waals surface area contributed by atoms with Crippen LogP contribution >= 0.6 is 70.2 Å². The van der Waals surface area contributed by atoms with Crippen LogP contribution in [-0.2, 0) is 11.3 Å². The zero-order valence-electron chi connectivity index (χ0n) is 14.0. The normalized spacial score (nSPS) is 12.0. The molecule has 0 aliphatic rings. The van der Waals surface area contributed by atoms with Gasteiger partial charge in [0.15, 0.2) is 11.3 Å². The summed E-state index contributed by atoms with van der Waals surface area (Å²) in [6.45, 7) is 0.0607. The van der Waals surface area contributed by atoms with Crippen LogP contribution in [0.15, 0.2) is 48.5 Å². The minimum absolute atomic E-state index is 0.0607. The van der Waals surface area contributed by atoms with Crippen LogP contribution in [0.25, 0.3) is 0 Å². The number of carbonyl (C=O) groups excluding carboxylic acids is 1. The quantitative estimate of drug-likeness (QED) is 0.270. The average molecular weight is 502 g/mol. The molecule has 0 spiro atoms. The smallest absolute Gasteiger partial charge is 0.409 e. The first-order valence-corrected chi connectivity index (χ1v) is 10.0. The number of hydrogen-bond donors (Lipinski definition) is 3. The standard InChI is InChI=1S/C17H14Cl5N3O2S/c18-12-7-6-11(8-13(12)19)23-15(28)24-14(17(20,21)22)25-16(26)27-9-10-4-2-1-3-5-10/h1-8,14H,9H2,(H,25,26)(H2,23,24,28)/t14-/m1/s1. The van der Waals surface area contributed by atoms with Gasteiger partial charge in [0, 0.05) is 5.69 Å². The van der Waals surface area contributed by atoms with Crippen LogP contribution in [0.5, 0.6) is 0 Å². The summed E-state index contributed by atoms with van der Waals surface area (Å²) in [4.78, 5) is 12.1. The number of thiocarbonyl (C=S) groups is 1. The SMILES string of the molecule is O=C(N[C@@H](NC(=S)Nc1ccc(Cl)c(Cl)c1)C(Cl)(Cl)Cl)OCc1ccccc1. The van der Waals surface area contributed by atoms with Crippen LogP contribution in [0.4, 0.5) is 10.5 Å². The molecule has 0 bridgehead atoms. The number of carbonyl (C=O) groups is 1. The predicted octanol–water partition coefficient (Wildman–Crippen LogP) is 5.90. The average Bonchev–Trinajstić information content (AvgIpc) is 2.62. The van der Waals surface area contributed by atoms with Crippen LogP contribution in [0.3, 0.4) is 0 Å². The summed E-state index contributed by atoms with van der Waals surface area (Å²) in [5.74, 6) is 0. The van der Waals surface area contributed by atoms with Crippen molar-refractivity contribution in [1.82, 2.24) is 10.6 Å². The van der Waals surface area contributed by atoms with Gasteiger partial charge in [0.05, 0.1) is 10.0 Å². The molecular weight excluding hydrogens is 488 g/mol. The molecule has 0 radical (unpaired) electrons. The number of hydrogen-bond acceptors (Lipinski definition) is 3. The van der Waals surface area contributed by atoms with Crippen LogP contribution in [-0.4, -0.2) is 21.2 Å². The minimum atomic E-state index is -1.91. The maximum absolute atomic E-state index is 12.1. The number of halogens is 5. The molecule has 0 aliphatic carbocycles. The molecular formula is C17H14Cl5N3O2S. The van der Waals surface area contributed by atoms with Gasteiger partial charge in [-0.3, -0.25) is 5.32 Å². The molecule has 0 saturated heterocycles. The van der Waals surface area contributed by atoms with Gasteiger partial charge >= 0.3 is 6.09 Å². The summed E-state index contributed by atoms with van der Waals surface area (Å²) in [7, 11) is 0. The van der Waals surface area contributed by atoms with Crippen molar-refractivity contribution >= 4 is 87.1 Å². The van der Waals surface area contributed by atoms with Crippen molar-refractivity contribution in [1.29, 1.82) is 0 Å². The lowest BCUT2D eigenvalue weighted by Crippen LogP contribution is -2.56. The monoisotopic (exact) mass is 499 g/mol. The Morgan fingerprint density at radius 3 is 2.32 bits per heavy atom. The number of benzene rings is 2. The first-order chi connectivity index (χ1) is 13.1. The minimum Gasteiger partial charge on any atom is -0.445 e. The van der Waals surface area contributed by atoms with Crippen molar-refractivity contribution < 1.29 is 9.53 Å². The fourth-order valence-electron chi connectivity index (χ4n) is 1.95. The Labute approximate surface area is 192 Å². The number of nitrogens with one attached hydrogen (secondary N) is 3. The van der Waals surface area contributed by atoms with E-state index < -0.39 is 16.1 Å². The third-order valence-electron chi connectivity index (χ3n) is 3.26. The Morgan fingerprint density at radius 2 is 1.71 bits per heavy atom. The topological polar surface area (TPSA) is 62.4 Å². The molecule has 150 valence electrons. The van der Waals surface area contributed by atoms with Gasteiger partial charge in [0.25, 0.3) is 0 Å². The van der Waals surface area contributed by atoms with Crippen molar-refractivity contribution in [2.45, 2.75) is 16.6 Å². The van der Waals surface area contributed by atoms with Gasteiger partial charge < -0.3 is 15.4 Å². The van der Waals surface area contributed by atoms with Crippen molar-refractivity contribution in [3.8, 4) is 0 Å². The van der Waals surface area contributed by atoms with E-state index >= 15 is 0 Å². The molecule has 28 heavy (non-hydrogen) atoms. The maximum atomic E-state index is 12.1. The van der Waals surface area contributed by atoms with Gasteiger partial charge in [-0.2, -0.15) is 0 Å². The highest BCUT2D eigenvalue weighted by Crippen LogP contribution is 2.29. The van der Waals surface area contributed by atoms with E-state index in [4.69, 9.17) is 75.0 Å². The van der Waals surface area contributed by atoms with Crippen LogP contribution in [0, 0.1) is 0 Å². The lowest BCUT2D eigenvalue weighted by atomic mass is 10.2. The molecule has 0 aromatic heterocycles. The Bertz CT molecular complexity index is 833. The van der Waals surface area contributed by atoms with E-state index in [0.717, 1.165) is 5.56 Å². The highest BCUT2D eigenvalue weighted by atomic mass is 35.6. The van der Waals surface area contributed by atoms with Crippen molar-refractivity contribution in [2.24, 2.45) is 0 Å². The molecule has 2 rings (SSSR count). The van der Waals surface area contributed by atoms with Gasteiger partial charge in [-0.25, -0.2) is 4.79 Å². The number of anilines is 1. The lowest BCUT2D eigenvalue weighted by Gasteiger charge is -2.27. The summed E-state index contributed by atoms with van der Waals surface area (Å²) in [5, 5.41) is 8.80. The van der Waals surface area contributed by atoms with E-state index in [0.29, 0.717) is 15.7 Å². The molecule has 2 aromatic rings. The Balaban J connectivity index is 1.94. The van der Waals surface area contributed by atoms with Crippen LogP contribution < -0.4 is 16.0 Å². The largest absolute Gasteiger partial charge is 0.445 e. The van der Waals surface area contributed by atoms with Crippen molar-refractivity contribution in [3.05, 3.63) is 64.1 Å². The number of rotatable bonds is 5. The molecule has 0 unspecified atom stereocenters. The molecule has 0 saturated carbocycles. The van der Waals surface area contributed by atoms with Gasteiger partial charge in [0.2, 0.25) is 3.79 Å². The summed E-state index contributed by atoms with van der Waals surface area (Å²) in [5.41, 5.74) is 1.37. The van der Waals surface area contributed by atoms with E-state index in [1.165, 1.54) is 0 Å². The third-order valence-corrected chi connectivity index (χ3v) is 4.87. The Hall–Kier alpha value is -1.15. The van der Waals surface area contributed by atoms with Crippen molar-refractivity contribution in [2.75, 3.05) is 5.32 Å². The fourth-order valence-corrected chi connectivity index (χ4v) is 2.82. The number of alkyl halides is 3. The number of amides is 1. The second-order valence-electron chi connectivity index (χ2n) is 5.41. The van der Waals surface area contributed by atoms with Crippen LogP contribution in [0.1, 0.15) is 5.56 Å². The first kappa shape index (κ1) is 23.1. The van der Waals surface area contributed by atoms with Crippen molar-refractivity contribution in [3.63, 3.8) is 0 Å². The summed E-state index contributed by atoms with van der Waals surface area (Å²) in [6, 6.07) is 14.0. The van der Waals surface area contributed by atoms with Gasteiger partial charge in [-0.15, -0.1) is 0 Å². The van der Waals surface area contributed by atoms with E-state index in [2.05, 4.69) is 16.0 Å². The second-order valence-corrected chi connectivity index (χ2v) is 9.00. The van der Waals surface area contributed by atoms with E-state index in [1.807, 2.05) is 30.3 Å². The fraction of sp³-hybridized carbons (Fsp3) is 0.176. The molecule has 5 nitrogen and oxygen atoms in total. The molecule has 2 aromatic carbocycles. The van der Waals surface area contributed by atoms with Crippen LogP contribution in [0.2, 0.25) is 10.0 Å². The van der Waals surface area contributed by atoms with E-state index in [1.54, 1.807) is 18.2 Å². The first-order valence-electron chi connectivity index (χ1n) is 7.71. The lowest BCUT2D eigenvalue weighted by molar-refractivity contribution is 0.135. The van der Waals surface area contributed by atoms with Gasteiger partial charge in [-0.1, -0.05) is 88.3 Å². The summed E-state index contributed by atoms with van der Waals surface area (Å²) < 4.78 is 3.21. The molecule has 3 N–H and O–H groups in total. The zero-order valence-corrected chi connectivity index (χ0v) is 18.6. The summed E-state index contributed by atoms with van der Waals surface area (Å²) in [6.07, 6.45) is -1.95. The zero-order chi connectivity index (χ0) is 20.7. The molecule has 0 fully saturated rings. The van der Waals surface area contributed by atoms with Gasteiger partial charge in [0.1, 0.15) is 6.61 Å². The van der Waals surface area contributed by atoms with E-state index in [9.17, 15) is 4.79 Å². The second kappa shape index (κ2) is 10.6. The van der Waals surface area contributed by atoms with E-state index in [-0.39, 0.29) is 11.7 Å². The summed E-state index contributed by atoms with van der Waals surface area (Å²) >= 11 is 34.8. The van der Waals surface area contributed by atoms with Gasteiger partial charge in [-0.05, 0) is 36.0 Å². The molecule has 0 aliphatic heterocycles. The Morgan fingerprint density at radius 1 is 1.04 bits per heavy atom. The highest BCUT2D eigenvalue weighted by Gasteiger charge is 2.35. The maximum Gasteiger partial charge on any atom is 0.409 e. The number of ether oxygens (including phenoxy) is 1. The molecule has 11 heteroatoms. The number of alkyl carbamates (subject to hydrolysis) is 1. The Kier molecular flexibility index (Phi) is 8.74. The highest BCUT2D eigenvalue weighted by molar-refractivity contribution is 7.80. The molecule has 0 heterocycles. The predicted molar refractivity (Wildman–Crippen MR) is 120 cm³/mol. The third kappa shape index (κ3) is 7.70.